The fraction of sp³-hybridized carbons (Fsp3) is 0.571. The fourth-order valence-corrected chi connectivity index (χ4v) is 2.68. The molecule has 25 heavy (non-hydrogen) atoms. The van der Waals surface area contributed by atoms with Gasteiger partial charge in [-0.15, -0.1) is 0 Å². The number of unbranched alkanes of at least 4 members (excludes halogenated alkanes) is 2. The van der Waals surface area contributed by atoms with E-state index in [-0.39, 0.29) is 6.23 Å². The van der Waals surface area contributed by atoms with E-state index in [1.165, 1.54) is 11.1 Å². The number of nitrogens with one attached hydrogen (secondary N) is 1. The molecule has 0 fully saturated rings. The van der Waals surface area contributed by atoms with E-state index in [2.05, 4.69) is 61.6 Å². The van der Waals surface area contributed by atoms with Gasteiger partial charge >= 0.3 is 0 Å². The van der Waals surface area contributed by atoms with E-state index >= 15 is 0 Å². The highest BCUT2D eigenvalue weighted by Gasteiger charge is 2.20. The van der Waals surface area contributed by atoms with Gasteiger partial charge in [-0.05, 0) is 43.7 Å². The SMILES string of the molecule is CCCCOC1=CC(CCc2ccccc2C)=NNC1OCCCC. The Bertz CT molecular complexity index is 581. The maximum Gasteiger partial charge on any atom is 0.200 e. The third kappa shape index (κ3) is 6.54. The molecule has 2 rings (SSSR count). The zero-order valence-corrected chi connectivity index (χ0v) is 15.9. The number of nitrogens with zero attached hydrogens (tertiary/aromatic N) is 1. The number of hydrogen-bond acceptors (Lipinski definition) is 4. The van der Waals surface area contributed by atoms with Crippen LogP contribution in [0.1, 0.15) is 57.1 Å². The van der Waals surface area contributed by atoms with E-state index in [0.717, 1.165) is 63.2 Å². The van der Waals surface area contributed by atoms with E-state index in [0.29, 0.717) is 0 Å². The molecule has 138 valence electrons. The highest BCUT2D eigenvalue weighted by molar-refractivity contribution is 5.95. The average Bonchev–Trinajstić information content (AvgIpc) is 2.63. The molecular weight excluding hydrogens is 312 g/mol. The first-order chi connectivity index (χ1) is 12.2. The van der Waals surface area contributed by atoms with Crippen LogP contribution in [0.5, 0.6) is 0 Å². The Hall–Kier alpha value is -1.81. The molecule has 1 heterocycles. The largest absolute Gasteiger partial charge is 0.493 e. The lowest BCUT2D eigenvalue weighted by atomic mass is 10.0. The summed E-state index contributed by atoms with van der Waals surface area (Å²) in [5.74, 6) is 0.860. The van der Waals surface area contributed by atoms with Gasteiger partial charge in [-0.25, -0.2) is 0 Å². The molecule has 4 nitrogen and oxygen atoms in total. The standard InChI is InChI=1S/C21H32N2O2/c1-4-6-14-24-20-16-19(22-23-21(20)25-15-7-5-2)13-12-18-11-9-8-10-17(18)3/h8-11,16,21,23H,4-7,12-15H2,1-3H3. The van der Waals surface area contributed by atoms with Crippen LogP contribution in [0.2, 0.25) is 0 Å². The van der Waals surface area contributed by atoms with Crippen molar-refractivity contribution < 1.29 is 9.47 Å². The van der Waals surface area contributed by atoms with Crippen LogP contribution in [0.3, 0.4) is 0 Å². The van der Waals surface area contributed by atoms with Crippen molar-refractivity contribution in [1.82, 2.24) is 5.43 Å². The summed E-state index contributed by atoms with van der Waals surface area (Å²) < 4.78 is 11.9. The van der Waals surface area contributed by atoms with Crippen LogP contribution < -0.4 is 5.43 Å². The number of allylic oxidation sites excluding steroid dienone is 1. The van der Waals surface area contributed by atoms with Gasteiger partial charge in [0.05, 0.1) is 12.3 Å². The molecule has 1 atom stereocenters. The molecule has 0 aromatic heterocycles. The van der Waals surface area contributed by atoms with E-state index in [4.69, 9.17) is 9.47 Å². The van der Waals surface area contributed by atoms with Gasteiger partial charge in [-0.2, -0.15) is 5.10 Å². The van der Waals surface area contributed by atoms with Crippen LogP contribution in [0, 0.1) is 6.92 Å². The van der Waals surface area contributed by atoms with Crippen molar-refractivity contribution in [2.24, 2.45) is 5.10 Å². The molecule has 0 bridgehead atoms. The summed E-state index contributed by atoms with van der Waals surface area (Å²) in [5.41, 5.74) is 6.85. The van der Waals surface area contributed by atoms with Gasteiger partial charge in [-0.1, -0.05) is 51.0 Å². The second kappa shape index (κ2) is 10.9. The second-order valence-corrected chi connectivity index (χ2v) is 6.51. The molecule has 1 aromatic rings. The van der Waals surface area contributed by atoms with E-state index in [1.807, 2.05) is 0 Å². The molecule has 1 aliphatic heterocycles. The Kier molecular flexibility index (Phi) is 8.53. The molecule has 0 spiro atoms. The highest BCUT2D eigenvalue weighted by atomic mass is 16.5. The van der Waals surface area contributed by atoms with E-state index in [9.17, 15) is 0 Å². The molecule has 4 heteroatoms. The smallest absolute Gasteiger partial charge is 0.200 e. The summed E-state index contributed by atoms with van der Waals surface area (Å²) in [5, 5.41) is 4.50. The van der Waals surface area contributed by atoms with Gasteiger partial charge in [0.15, 0.2) is 0 Å². The van der Waals surface area contributed by atoms with Crippen molar-refractivity contribution in [2.45, 2.75) is 65.5 Å². The van der Waals surface area contributed by atoms with E-state index < -0.39 is 0 Å². The van der Waals surface area contributed by atoms with E-state index in [1.54, 1.807) is 0 Å². The first-order valence-electron chi connectivity index (χ1n) is 9.57. The number of hydrogen-bond donors (Lipinski definition) is 1. The van der Waals surface area contributed by atoms with Gasteiger partial charge < -0.3 is 9.47 Å². The minimum absolute atomic E-state index is 0.259. The fourth-order valence-electron chi connectivity index (χ4n) is 2.68. The number of ether oxygens (including phenoxy) is 2. The van der Waals surface area contributed by atoms with Crippen LogP contribution in [-0.2, 0) is 15.9 Å². The zero-order chi connectivity index (χ0) is 17.9. The lowest BCUT2D eigenvalue weighted by Gasteiger charge is -2.25. The topological polar surface area (TPSA) is 42.8 Å². The summed E-state index contributed by atoms with van der Waals surface area (Å²) in [4.78, 5) is 0. The number of benzene rings is 1. The lowest BCUT2D eigenvalue weighted by molar-refractivity contribution is 0.00707. The van der Waals surface area contributed by atoms with Gasteiger partial charge in [0.1, 0.15) is 5.76 Å². The molecule has 0 aliphatic carbocycles. The Morgan fingerprint density at radius 2 is 1.80 bits per heavy atom. The molecule has 1 aliphatic rings. The van der Waals surface area contributed by atoms with Crippen LogP contribution in [0.4, 0.5) is 0 Å². The van der Waals surface area contributed by atoms with Crippen molar-refractivity contribution in [3.8, 4) is 0 Å². The van der Waals surface area contributed by atoms with Crippen LogP contribution >= 0.6 is 0 Å². The van der Waals surface area contributed by atoms with Crippen molar-refractivity contribution in [2.75, 3.05) is 13.2 Å². The molecular formula is C21H32N2O2. The maximum atomic E-state index is 5.97. The third-order valence-corrected chi connectivity index (χ3v) is 4.35. The van der Waals surface area contributed by atoms with Crippen molar-refractivity contribution >= 4 is 5.71 Å². The molecule has 1 unspecified atom stereocenters. The van der Waals surface area contributed by atoms with Crippen molar-refractivity contribution in [3.63, 3.8) is 0 Å². The Morgan fingerprint density at radius 1 is 1.04 bits per heavy atom. The minimum atomic E-state index is -0.259. The van der Waals surface area contributed by atoms with Crippen LogP contribution in [0.25, 0.3) is 0 Å². The monoisotopic (exact) mass is 344 g/mol. The maximum absolute atomic E-state index is 5.97. The minimum Gasteiger partial charge on any atom is -0.493 e. The second-order valence-electron chi connectivity index (χ2n) is 6.51. The third-order valence-electron chi connectivity index (χ3n) is 4.35. The number of rotatable bonds is 11. The lowest BCUT2D eigenvalue weighted by Crippen LogP contribution is -2.35. The summed E-state index contributed by atoms with van der Waals surface area (Å²) in [7, 11) is 0. The van der Waals surface area contributed by atoms with Crippen molar-refractivity contribution in [3.05, 3.63) is 47.2 Å². The van der Waals surface area contributed by atoms with Crippen molar-refractivity contribution in [1.29, 1.82) is 0 Å². The molecule has 0 saturated heterocycles. The number of aryl methyl sites for hydroxylation is 2. The van der Waals surface area contributed by atoms with Gasteiger partial charge in [-0.3, -0.25) is 5.43 Å². The Labute approximate surface area is 152 Å². The summed E-state index contributed by atoms with van der Waals surface area (Å²) in [6.45, 7) is 7.93. The van der Waals surface area contributed by atoms with Gasteiger partial charge in [0, 0.05) is 12.7 Å². The molecule has 0 amide bonds. The average molecular weight is 344 g/mol. The quantitative estimate of drug-likeness (QED) is 0.590. The van der Waals surface area contributed by atoms with Crippen LogP contribution in [0.15, 0.2) is 41.2 Å². The summed E-state index contributed by atoms with van der Waals surface area (Å²) >= 11 is 0. The first-order valence-corrected chi connectivity index (χ1v) is 9.57. The summed E-state index contributed by atoms with van der Waals surface area (Å²) in [6.07, 6.45) is 8.00. The van der Waals surface area contributed by atoms with Gasteiger partial charge in [0.25, 0.3) is 0 Å². The zero-order valence-electron chi connectivity index (χ0n) is 15.9. The Morgan fingerprint density at radius 3 is 2.56 bits per heavy atom. The highest BCUT2D eigenvalue weighted by Crippen LogP contribution is 2.16. The molecule has 1 aromatic carbocycles. The summed E-state index contributed by atoms with van der Waals surface area (Å²) in [6, 6.07) is 8.51. The predicted octanol–water partition coefficient (Wildman–Crippen LogP) is 4.73. The number of hydrazone groups is 1. The molecule has 0 saturated carbocycles. The normalized spacial score (nSPS) is 16.8. The Balaban J connectivity index is 1.95. The predicted molar refractivity (Wildman–Crippen MR) is 104 cm³/mol. The molecule has 0 radical (unpaired) electrons. The van der Waals surface area contributed by atoms with Crippen LogP contribution in [-0.4, -0.2) is 25.2 Å². The van der Waals surface area contributed by atoms with Gasteiger partial charge in [0.2, 0.25) is 6.23 Å². The first kappa shape index (κ1) is 19.5. The molecule has 1 N–H and O–H groups in total.